The summed E-state index contributed by atoms with van der Waals surface area (Å²) in [7, 11) is -3.53. The molecule has 0 heterocycles. The van der Waals surface area contributed by atoms with Gasteiger partial charge in [0.05, 0.1) is 5.75 Å². The van der Waals surface area contributed by atoms with E-state index >= 15 is 0 Å². The summed E-state index contributed by atoms with van der Waals surface area (Å²) in [5.74, 6) is -1.43. The van der Waals surface area contributed by atoms with Gasteiger partial charge in [-0.25, -0.2) is 13.2 Å². The number of rotatable bonds is 4. The molecule has 0 radical (unpaired) electrons. The number of hydrogen-bond acceptors (Lipinski definition) is 3. The summed E-state index contributed by atoms with van der Waals surface area (Å²) in [6.07, 6.45) is 0.707. The van der Waals surface area contributed by atoms with Crippen LogP contribution in [0.5, 0.6) is 0 Å². The minimum absolute atomic E-state index is 0.135. The van der Waals surface area contributed by atoms with Gasteiger partial charge < -0.3 is 5.11 Å². The first-order valence-corrected chi connectivity index (χ1v) is 6.25. The Balaban J connectivity index is 2.93. The van der Waals surface area contributed by atoms with E-state index in [1.165, 1.54) is 6.92 Å². The van der Waals surface area contributed by atoms with Crippen LogP contribution in [0, 0.1) is 0 Å². The topological polar surface area (TPSA) is 71.4 Å². The smallest absolute Gasteiger partial charge is 0.329 e. The molecule has 4 nitrogen and oxygen atoms in total. The fraction of sp³-hybridized carbons (Fsp3) is 0.182. The third-order valence-electron chi connectivity index (χ3n) is 2.02. The lowest BCUT2D eigenvalue weighted by atomic mass is 10.2. The number of carboxylic acids is 1. The van der Waals surface area contributed by atoms with Crippen molar-refractivity contribution in [2.75, 3.05) is 0 Å². The van der Waals surface area contributed by atoms with Crippen molar-refractivity contribution in [3.05, 3.63) is 46.9 Å². The first-order chi connectivity index (χ1) is 7.42. The number of aliphatic carboxylic acids is 1. The number of carboxylic acid groups (broad SMARTS) is 1. The van der Waals surface area contributed by atoms with E-state index in [4.69, 9.17) is 5.11 Å². The minimum Gasteiger partial charge on any atom is -0.478 e. The van der Waals surface area contributed by atoms with Gasteiger partial charge in [0.1, 0.15) is 0 Å². The highest BCUT2D eigenvalue weighted by Gasteiger charge is 2.15. The predicted molar refractivity (Wildman–Crippen MR) is 60.5 cm³/mol. The van der Waals surface area contributed by atoms with Crippen LogP contribution in [0.15, 0.2) is 41.3 Å². The van der Waals surface area contributed by atoms with Crippen molar-refractivity contribution >= 4 is 15.8 Å². The highest BCUT2D eigenvalue weighted by molar-refractivity contribution is 7.94. The molecule has 1 aromatic rings. The van der Waals surface area contributed by atoms with Gasteiger partial charge in [0.2, 0.25) is 0 Å². The van der Waals surface area contributed by atoms with E-state index in [-0.39, 0.29) is 10.7 Å². The first kappa shape index (κ1) is 12.4. The fourth-order valence-corrected chi connectivity index (χ4v) is 2.31. The van der Waals surface area contributed by atoms with Crippen LogP contribution in [0.1, 0.15) is 12.5 Å². The summed E-state index contributed by atoms with van der Waals surface area (Å²) in [6.45, 7) is 1.28. The molecule has 1 aromatic carbocycles. The average molecular weight is 240 g/mol. The molecule has 0 aliphatic carbocycles. The maximum absolute atomic E-state index is 11.7. The van der Waals surface area contributed by atoms with Gasteiger partial charge in [-0.15, -0.1) is 0 Å². The zero-order valence-electron chi connectivity index (χ0n) is 8.75. The van der Waals surface area contributed by atoms with Crippen LogP contribution in [-0.2, 0) is 20.4 Å². The van der Waals surface area contributed by atoms with Crippen molar-refractivity contribution in [3.8, 4) is 0 Å². The molecular formula is C11H12O4S. The molecule has 0 unspecified atom stereocenters. The van der Waals surface area contributed by atoms with Crippen molar-refractivity contribution < 1.29 is 18.3 Å². The van der Waals surface area contributed by atoms with E-state index in [2.05, 4.69) is 0 Å². The molecule has 0 aliphatic heterocycles. The number of hydrogen-bond donors (Lipinski definition) is 1. The second-order valence-electron chi connectivity index (χ2n) is 3.34. The molecule has 0 fully saturated rings. The molecule has 0 aliphatic rings. The molecule has 0 spiro atoms. The molecule has 0 aromatic heterocycles. The van der Waals surface area contributed by atoms with Crippen molar-refractivity contribution in [2.45, 2.75) is 12.7 Å². The van der Waals surface area contributed by atoms with Gasteiger partial charge in [0, 0.05) is 11.0 Å². The summed E-state index contributed by atoms with van der Waals surface area (Å²) >= 11 is 0. The molecule has 86 valence electrons. The van der Waals surface area contributed by atoms with Gasteiger partial charge in [0.15, 0.2) is 9.84 Å². The van der Waals surface area contributed by atoms with Crippen LogP contribution >= 0.6 is 0 Å². The normalized spacial score (nSPS) is 12.4. The van der Waals surface area contributed by atoms with Crippen LogP contribution < -0.4 is 0 Å². The molecule has 0 amide bonds. The Hall–Kier alpha value is -1.62. The maximum atomic E-state index is 11.7. The molecule has 0 saturated carbocycles. The van der Waals surface area contributed by atoms with Crippen LogP contribution in [0.25, 0.3) is 0 Å². The lowest BCUT2D eigenvalue weighted by Gasteiger charge is -2.03. The van der Waals surface area contributed by atoms with Gasteiger partial charge in [-0.3, -0.25) is 0 Å². The number of sulfone groups is 1. The van der Waals surface area contributed by atoms with E-state index in [1.54, 1.807) is 30.3 Å². The quantitative estimate of drug-likeness (QED) is 0.811. The largest absolute Gasteiger partial charge is 0.478 e. The molecule has 16 heavy (non-hydrogen) atoms. The molecule has 5 heteroatoms. The average Bonchev–Trinajstić information content (AvgIpc) is 2.17. The summed E-state index contributed by atoms with van der Waals surface area (Å²) in [6, 6.07) is 8.63. The fourth-order valence-electron chi connectivity index (χ4n) is 1.17. The molecule has 0 bridgehead atoms. The highest BCUT2D eigenvalue weighted by atomic mass is 32.2. The Morgan fingerprint density at radius 2 is 1.88 bits per heavy atom. The van der Waals surface area contributed by atoms with Crippen molar-refractivity contribution in [2.24, 2.45) is 0 Å². The van der Waals surface area contributed by atoms with Crippen LogP contribution in [0.4, 0.5) is 0 Å². The molecule has 0 atom stereocenters. The molecule has 0 saturated heterocycles. The van der Waals surface area contributed by atoms with E-state index in [9.17, 15) is 13.2 Å². The minimum atomic E-state index is -3.53. The lowest BCUT2D eigenvalue weighted by molar-refractivity contribution is -0.131. The van der Waals surface area contributed by atoms with Crippen molar-refractivity contribution in [3.63, 3.8) is 0 Å². The summed E-state index contributed by atoms with van der Waals surface area (Å²) in [5.41, 5.74) is 0.639. The highest BCUT2D eigenvalue weighted by Crippen LogP contribution is 2.13. The predicted octanol–water partition coefficient (Wildman–Crippen LogP) is 1.59. The van der Waals surface area contributed by atoms with Crippen LogP contribution in [0.2, 0.25) is 0 Å². The third-order valence-corrected chi connectivity index (χ3v) is 3.83. The van der Waals surface area contributed by atoms with Gasteiger partial charge in [-0.2, -0.15) is 0 Å². The molecule has 1 rings (SSSR count). The Morgan fingerprint density at radius 1 is 1.31 bits per heavy atom. The molecular weight excluding hydrogens is 228 g/mol. The summed E-state index contributed by atoms with van der Waals surface area (Å²) in [4.78, 5) is 10.2. The monoisotopic (exact) mass is 240 g/mol. The Kier molecular flexibility index (Phi) is 3.84. The Bertz CT molecular complexity index is 500. The summed E-state index contributed by atoms with van der Waals surface area (Å²) < 4.78 is 23.4. The second kappa shape index (κ2) is 4.94. The lowest BCUT2D eigenvalue weighted by Crippen LogP contribution is -2.07. The van der Waals surface area contributed by atoms with Crippen molar-refractivity contribution in [1.29, 1.82) is 0 Å². The first-order valence-electron chi connectivity index (χ1n) is 4.60. The SMILES string of the molecule is C/C(=C\C(=O)O)S(=O)(=O)Cc1ccccc1. The van der Waals surface area contributed by atoms with Gasteiger partial charge in [-0.05, 0) is 12.5 Å². The van der Waals surface area contributed by atoms with E-state index in [0.717, 1.165) is 0 Å². The van der Waals surface area contributed by atoms with Gasteiger partial charge >= 0.3 is 5.97 Å². The van der Waals surface area contributed by atoms with Crippen LogP contribution in [-0.4, -0.2) is 19.5 Å². The second-order valence-corrected chi connectivity index (χ2v) is 5.50. The number of carbonyl (C=O) groups is 1. The number of benzene rings is 1. The van der Waals surface area contributed by atoms with E-state index in [1.807, 2.05) is 0 Å². The van der Waals surface area contributed by atoms with Gasteiger partial charge in [-0.1, -0.05) is 30.3 Å². The Labute approximate surface area is 94.1 Å². The van der Waals surface area contributed by atoms with Crippen molar-refractivity contribution in [1.82, 2.24) is 0 Å². The third kappa shape index (κ3) is 3.51. The van der Waals surface area contributed by atoms with Crippen LogP contribution in [0.3, 0.4) is 0 Å². The maximum Gasteiger partial charge on any atom is 0.329 e. The van der Waals surface area contributed by atoms with E-state index in [0.29, 0.717) is 11.6 Å². The number of allylic oxidation sites excluding steroid dienone is 1. The Morgan fingerprint density at radius 3 is 2.38 bits per heavy atom. The molecule has 1 N–H and O–H groups in total. The zero-order chi connectivity index (χ0) is 12.2. The zero-order valence-corrected chi connectivity index (χ0v) is 9.57. The van der Waals surface area contributed by atoms with E-state index < -0.39 is 15.8 Å². The summed E-state index contributed by atoms with van der Waals surface area (Å²) in [5, 5.41) is 8.47. The standard InChI is InChI=1S/C11H12O4S/c1-9(7-11(12)13)16(14,15)8-10-5-3-2-4-6-10/h2-7H,8H2,1H3,(H,12,13)/b9-7+. The van der Waals surface area contributed by atoms with Gasteiger partial charge in [0.25, 0.3) is 0 Å².